The maximum Gasteiger partial charge on any atom is 0.147 e. The quantitative estimate of drug-likeness (QED) is 0.786. The van der Waals surface area contributed by atoms with Crippen LogP contribution in [0.15, 0.2) is 23.3 Å². The molecule has 0 unspecified atom stereocenters. The molecule has 4 nitrogen and oxygen atoms in total. The number of hydrogen-bond donors (Lipinski definition) is 0. The predicted molar refractivity (Wildman–Crippen MR) is 65.8 cm³/mol. The van der Waals surface area contributed by atoms with E-state index in [9.17, 15) is 0 Å². The fourth-order valence-electron chi connectivity index (χ4n) is 1.25. The zero-order chi connectivity index (χ0) is 11.4. The van der Waals surface area contributed by atoms with Gasteiger partial charge in [-0.3, -0.25) is 4.98 Å². The summed E-state index contributed by atoms with van der Waals surface area (Å²) in [5, 5.41) is 2.02. The molecule has 0 aromatic carbocycles. The second kappa shape index (κ2) is 5.23. The molecule has 16 heavy (non-hydrogen) atoms. The monoisotopic (exact) mass is 254 g/mol. The summed E-state index contributed by atoms with van der Waals surface area (Å²) in [5.41, 5.74) is 3.65. The van der Waals surface area contributed by atoms with Crippen LogP contribution in [0.25, 0.3) is 0 Å². The van der Waals surface area contributed by atoms with Crippen molar-refractivity contribution in [3.8, 4) is 0 Å². The molecule has 0 fully saturated rings. The van der Waals surface area contributed by atoms with E-state index in [0.29, 0.717) is 5.88 Å². The minimum absolute atomic E-state index is 0.392. The zero-order valence-corrected chi connectivity index (χ0v) is 10.4. The molecule has 0 saturated heterocycles. The third-order valence-electron chi connectivity index (χ3n) is 2.10. The second-order valence-corrected chi connectivity index (χ2v) is 4.32. The summed E-state index contributed by atoms with van der Waals surface area (Å²) in [5.74, 6) is 1.21. The van der Waals surface area contributed by atoms with Gasteiger partial charge in [-0.25, -0.2) is 9.97 Å². The molecule has 0 N–H and O–H groups in total. The number of rotatable bonds is 4. The molecule has 0 saturated carbocycles. The number of aromatic nitrogens is 3. The molecule has 6 heteroatoms. The number of alkyl halides is 1. The minimum Gasteiger partial charge on any atom is -0.352 e. The molecule has 84 valence electrons. The van der Waals surface area contributed by atoms with Gasteiger partial charge >= 0.3 is 0 Å². The van der Waals surface area contributed by atoms with Crippen molar-refractivity contribution in [1.82, 2.24) is 15.0 Å². The predicted octanol–water partition coefficient (Wildman–Crippen LogP) is 2.31. The van der Waals surface area contributed by atoms with Crippen LogP contribution in [0.5, 0.6) is 0 Å². The lowest BCUT2D eigenvalue weighted by Gasteiger charge is -2.16. The Labute approximate surface area is 103 Å². The van der Waals surface area contributed by atoms with Crippen molar-refractivity contribution in [1.29, 1.82) is 0 Å². The van der Waals surface area contributed by atoms with Crippen molar-refractivity contribution < 1.29 is 0 Å². The Bertz CT molecular complexity index is 429. The molecule has 0 bridgehead atoms. The third kappa shape index (κ3) is 2.68. The zero-order valence-electron chi connectivity index (χ0n) is 8.80. The van der Waals surface area contributed by atoms with Gasteiger partial charge in [-0.15, -0.1) is 22.9 Å². The summed E-state index contributed by atoms with van der Waals surface area (Å²) in [7, 11) is 1.96. The van der Waals surface area contributed by atoms with Crippen LogP contribution in [0.3, 0.4) is 0 Å². The molecule has 0 aliphatic heterocycles. The standard InChI is InChI=1S/C10H11ClN4S/c1-15(5-9-6-16-7-14-9)10-4-12-8(2-11)3-13-10/h3-4,6-7H,2,5H2,1H3. The Morgan fingerprint density at radius 2 is 2.12 bits per heavy atom. The van der Waals surface area contributed by atoms with E-state index in [-0.39, 0.29) is 0 Å². The lowest BCUT2D eigenvalue weighted by molar-refractivity contribution is 0.863. The first-order chi connectivity index (χ1) is 7.79. The molecular weight excluding hydrogens is 244 g/mol. The molecule has 2 heterocycles. The van der Waals surface area contributed by atoms with Gasteiger partial charge in [0.15, 0.2) is 0 Å². The van der Waals surface area contributed by atoms with E-state index in [0.717, 1.165) is 23.8 Å². The summed E-state index contributed by atoms with van der Waals surface area (Å²) >= 11 is 7.24. The van der Waals surface area contributed by atoms with Crippen LogP contribution < -0.4 is 4.90 Å². The van der Waals surface area contributed by atoms with Gasteiger partial charge in [0.05, 0.1) is 41.7 Å². The molecule has 0 aliphatic rings. The first-order valence-electron chi connectivity index (χ1n) is 4.74. The Morgan fingerprint density at radius 1 is 1.25 bits per heavy atom. The molecular formula is C10H11ClN4S. The highest BCUT2D eigenvalue weighted by Gasteiger charge is 2.05. The Kier molecular flexibility index (Phi) is 3.69. The second-order valence-electron chi connectivity index (χ2n) is 3.34. The van der Waals surface area contributed by atoms with Gasteiger partial charge in [0, 0.05) is 12.4 Å². The van der Waals surface area contributed by atoms with E-state index in [1.54, 1.807) is 23.7 Å². The van der Waals surface area contributed by atoms with Gasteiger partial charge in [0.25, 0.3) is 0 Å². The van der Waals surface area contributed by atoms with Gasteiger partial charge in [-0.2, -0.15) is 0 Å². The average Bonchev–Trinajstić information content (AvgIpc) is 2.82. The van der Waals surface area contributed by atoms with Crippen molar-refractivity contribution in [3.05, 3.63) is 34.7 Å². The molecule has 2 aromatic heterocycles. The molecule has 0 amide bonds. The first-order valence-corrected chi connectivity index (χ1v) is 6.22. The largest absolute Gasteiger partial charge is 0.352 e. The van der Waals surface area contributed by atoms with Gasteiger partial charge < -0.3 is 4.90 Å². The van der Waals surface area contributed by atoms with Crippen molar-refractivity contribution in [2.24, 2.45) is 0 Å². The molecule has 2 aromatic rings. The Morgan fingerprint density at radius 3 is 2.69 bits per heavy atom. The van der Waals surface area contributed by atoms with E-state index >= 15 is 0 Å². The number of nitrogens with zero attached hydrogens (tertiary/aromatic N) is 4. The average molecular weight is 255 g/mol. The van der Waals surface area contributed by atoms with E-state index in [4.69, 9.17) is 11.6 Å². The molecule has 0 radical (unpaired) electrons. The van der Waals surface area contributed by atoms with Crippen molar-refractivity contribution in [2.75, 3.05) is 11.9 Å². The summed E-state index contributed by atoms with van der Waals surface area (Å²) < 4.78 is 0. The van der Waals surface area contributed by atoms with Gasteiger partial charge in [-0.05, 0) is 0 Å². The van der Waals surface area contributed by atoms with E-state index < -0.39 is 0 Å². The van der Waals surface area contributed by atoms with Gasteiger partial charge in [-0.1, -0.05) is 0 Å². The van der Waals surface area contributed by atoms with Crippen LogP contribution in [0, 0.1) is 0 Å². The highest BCUT2D eigenvalue weighted by Crippen LogP contribution is 2.12. The maximum absolute atomic E-state index is 5.65. The highest BCUT2D eigenvalue weighted by molar-refractivity contribution is 7.07. The van der Waals surface area contributed by atoms with Crippen LogP contribution in [0.2, 0.25) is 0 Å². The van der Waals surface area contributed by atoms with Crippen LogP contribution in [-0.4, -0.2) is 22.0 Å². The normalized spacial score (nSPS) is 10.4. The lowest BCUT2D eigenvalue weighted by Crippen LogP contribution is -2.18. The maximum atomic E-state index is 5.65. The fourth-order valence-corrected chi connectivity index (χ4v) is 1.94. The van der Waals surface area contributed by atoms with Gasteiger partial charge in [0.1, 0.15) is 5.82 Å². The van der Waals surface area contributed by atoms with Crippen LogP contribution in [0.1, 0.15) is 11.4 Å². The Hall–Kier alpha value is -1.20. The topological polar surface area (TPSA) is 41.9 Å². The first kappa shape index (κ1) is 11.3. The third-order valence-corrected chi connectivity index (χ3v) is 3.01. The highest BCUT2D eigenvalue weighted by atomic mass is 35.5. The van der Waals surface area contributed by atoms with E-state index in [1.165, 1.54) is 0 Å². The summed E-state index contributed by atoms with van der Waals surface area (Å²) in [6, 6.07) is 0. The summed E-state index contributed by atoms with van der Waals surface area (Å²) in [6.07, 6.45) is 3.42. The number of anilines is 1. The Balaban J connectivity index is 2.05. The van der Waals surface area contributed by atoms with Crippen LogP contribution in [-0.2, 0) is 12.4 Å². The summed E-state index contributed by atoms with van der Waals surface area (Å²) in [6.45, 7) is 0.735. The van der Waals surface area contributed by atoms with Crippen LogP contribution >= 0.6 is 22.9 Å². The lowest BCUT2D eigenvalue weighted by atomic mass is 10.4. The van der Waals surface area contributed by atoms with Crippen molar-refractivity contribution in [2.45, 2.75) is 12.4 Å². The number of halogens is 1. The molecule has 0 atom stereocenters. The molecule has 2 rings (SSSR count). The minimum atomic E-state index is 0.392. The fraction of sp³-hybridized carbons (Fsp3) is 0.300. The smallest absolute Gasteiger partial charge is 0.147 e. The summed E-state index contributed by atoms with van der Waals surface area (Å²) in [4.78, 5) is 14.7. The van der Waals surface area contributed by atoms with Crippen LogP contribution in [0.4, 0.5) is 5.82 Å². The van der Waals surface area contributed by atoms with Crippen molar-refractivity contribution in [3.63, 3.8) is 0 Å². The SMILES string of the molecule is CN(Cc1cscn1)c1cnc(CCl)cn1. The van der Waals surface area contributed by atoms with E-state index in [2.05, 4.69) is 15.0 Å². The number of thiazole rings is 1. The number of hydrogen-bond acceptors (Lipinski definition) is 5. The molecule has 0 aliphatic carbocycles. The van der Waals surface area contributed by atoms with E-state index in [1.807, 2.05) is 22.8 Å². The van der Waals surface area contributed by atoms with Gasteiger partial charge in [0.2, 0.25) is 0 Å². The van der Waals surface area contributed by atoms with Crippen molar-refractivity contribution >= 4 is 28.8 Å². The molecule has 0 spiro atoms.